The molecule has 31 heavy (non-hydrogen) atoms. The van der Waals surface area contributed by atoms with E-state index in [2.05, 4.69) is 10.0 Å². The Morgan fingerprint density at radius 1 is 1.10 bits per heavy atom. The molecule has 0 aliphatic carbocycles. The van der Waals surface area contributed by atoms with Crippen LogP contribution >= 0.6 is 0 Å². The number of hydrogen-bond acceptors (Lipinski definition) is 6. The van der Waals surface area contributed by atoms with Crippen LogP contribution in [0.4, 0.5) is 10.1 Å². The minimum atomic E-state index is -4.27. The van der Waals surface area contributed by atoms with E-state index in [9.17, 15) is 22.4 Å². The topological polar surface area (TPSA) is 111 Å². The van der Waals surface area contributed by atoms with Crippen molar-refractivity contribution < 1.29 is 31.9 Å². The zero-order valence-electron chi connectivity index (χ0n) is 17.4. The lowest BCUT2D eigenvalue weighted by Crippen LogP contribution is -2.47. The second-order valence-electron chi connectivity index (χ2n) is 6.88. The van der Waals surface area contributed by atoms with Crippen molar-refractivity contribution in [1.82, 2.24) is 4.72 Å². The van der Waals surface area contributed by atoms with E-state index in [1.807, 2.05) is 0 Å². The zero-order chi connectivity index (χ0) is 23.0. The van der Waals surface area contributed by atoms with Crippen LogP contribution in [0.2, 0.25) is 0 Å². The molecule has 0 unspecified atom stereocenters. The minimum Gasteiger partial charge on any atom is -0.482 e. The van der Waals surface area contributed by atoms with Crippen LogP contribution in [0.15, 0.2) is 53.4 Å². The molecule has 0 heterocycles. The Morgan fingerprint density at radius 3 is 2.45 bits per heavy atom. The minimum absolute atomic E-state index is 0.234. The lowest BCUT2D eigenvalue weighted by molar-refractivity contribution is -0.145. The van der Waals surface area contributed by atoms with Gasteiger partial charge in [0.2, 0.25) is 15.9 Å². The van der Waals surface area contributed by atoms with Crippen molar-refractivity contribution in [1.29, 1.82) is 0 Å². The number of carbonyl (C=O) groups is 2. The lowest BCUT2D eigenvalue weighted by atomic mass is 10.0. The molecular formula is C21H25FN2O6S. The van der Waals surface area contributed by atoms with Gasteiger partial charge in [0, 0.05) is 11.8 Å². The number of anilines is 1. The number of ether oxygens (including phenoxy) is 2. The Morgan fingerprint density at radius 2 is 1.81 bits per heavy atom. The first-order chi connectivity index (χ1) is 14.6. The van der Waals surface area contributed by atoms with Crippen LogP contribution in [-0.2, 0) is 24.3 Å². The third-order valence-corrected chi connectivity index (χ3v) is 5.60. The van der Waals surface area contributed by atoms with Gasteiger partial charge in [-0.2, -0.15) is 4.72 Å². The van der Waals surface area contributed by atoms with Gasteiger partial charge in [-0.1, -0.05) is 32.0 Å². The monoisotopic (exact) mass is 452 g/mol. The van der Waals surface area contributed by atoms with Crippen LogP contribution < -0.4 is 14.8 Å². The number of hydrogen-bond donors (Lipinski definition) is 2. The largest absolute Gasteiger partial charge is 0.482 e. The molecule has 0 fully saturated rings. The zero-order valence-corrected chi connectivity index (χ0v) is 18.2. The van der Waals surface area contributed by atoms with E-state index in [4.69, 9.17) is 9.47 Å². The Bertz CT molecular complexity index is 1030. The number of amides is 1. The van der Waals surface area contributed by atoms with Gasteiger partial charge in [0.1, 0.15) is 22.5 Å². The molecule has 0 saturated carbocycles. The third kappa shape index (κ3) is 7.04. The number of esters is 1. The second-order valence-corrected chi connectivity index (χ2v) is 8.57. The molecule has 0 spiro atoms. The third-order valence-electron chi connectivity index (χ3n) is 4.12. The molecule has 1 atom stereocenters. The van der Waals surface area contributed by atoms with Gasteiger partial charge >= 0.3 is 5.97 Å². The van der Waals surface area contributed by atoms with Crippen LogP contribution in [0.25, 0.3) is 0 Å². The smallest absolute Gasteiger partial charge is 0.344 e. The summed E-state index contributed by atoms with van der Waals surface area (Å²) in [6.45, 7) is 4.94. The maximum atomic E-state index is 13.9. The number of sulfonamides is 1. The summed E-state index contributed by atoms with van der Waals surface area (Å²) in [5.41, 5.74) is 0.335. The summed E-state index contributed by atoms with van der Waals surface area (Å²) in [5.74, 6) is -2.18. The fraction of sp³-hybridized carbons (Fsp3) is 0.333. The molecule has 2 rings (SSSR count). The Kier molecular flexibility index (Phi) is 8.52. The van der Waals surface area contributed by atoms with Crippen LogP contribution in [0.3, 0.4) is 0 Å². The van der Waals surface area contributed by atoms with Crippen LogP contribution in [0, 0.1) is 11.7 Å². The van der Waals surface area contributed by atoms with Gasteiger partial charge in [0.05, 0.1) is 6.61 Å². The maximum absolute atomic E-state index is 13.9. The first-order valence-electron chi connectivity index (χ1n) is 9.60. The highest BCUT2D eigenvalue weighted by molar-refractivity contribution is 7.89. The molecule has 0 radical (unpaired) electrons. The van der Waals surface area contributed by atoms with E-state index in [0.29, 0.717) is 11.4 Å². The van der Waals surface area contributed by atoms with Crippen LogP contribution in [-0.4, -0.2) is 39.5 Å². The molecule has 2 aromatic carbocycles. The fourth-order valence-electron chi connectivity index (χ4n) is 2.61. The van der Waals surface area contributed by atoms with Crippen LogP contribution in [0.5, 0.6) is 5.75 Å². The lowest BCUT2D eigenvalue weighted by Gasteiger charge is -2.22. The molecule has 8 nitrogen and oxygen atoms in total. The first-order valence-corrected chi connectivity index (χ1v) is 11.1. The van der Waals surface area contributed by atoms with E-state index >= 15 is 0 Å². The van der Waals surface area contributed by atoms with Gasteiger partial charge in [-0.05, 0) is 37.1 Å². The summed E-state index contributed by atoms with van der Waals surface area (Å²) >= 11 is 0. The van der Waals surface area contributed by atoms with Gasteiger partial charge in [0.15, 0.2) is 6.61 Å². The van der Waals surface area contributed by atoms with Crippen molar-refractivity contribution in [2.75, 3.05) is 18.5 Å². The second kappa shape index (κ2) is 10.9. The van der Waals surface area contributed by atoms with E-state index in [1.54, 1.807) is 39.0 Å². The first kappa shape index (κ1) is 24.3. The molecule has 0 aliphatic rings. The van der Waals surface area contributed by atoms with Crippen LogP contribution in [0.1, 0.15) is 20.8 Å². The molecular weight excluding hydrogens is 427 g/mol. The maximum Gasteiger partial charge on any atom is 0.344 e. The molecule has 168 valence electrons. The van der Waals surface area contributed by atoms with Gasteiger partial charge < -0.3 is 14.8 Å². The number of nitrogens with one attached hydrogen (secondary N) is 2. The molecule has 0 saturated heterocycles. The van der Waals surface area contributed by atoms with Gasteiger partial charge in [-0.25, -0.2) is 17.6 Å². The predicted molar refractivity (Wildman–Crippen MR) is 113 cm³/mol. The van der Waals surface area contributed by atoms with Gasteiger partial charge in [-0.15, -0.1) is 0 Å². The average Bonchev–Trinajstić information content (AvgIpc) is 2.71. The molecule has 10 heteroatoms. The number of benzene rings is 2. The van der Waals surface area contributed by atoms with E-state index in [1.165, 1.54) is 18.2 Å². The van der Waals surface area contributed by atoms with Crippen molar-refractivity contribution in [3.8, 4) is 5.75 Å². The summed E-state index contributed by atoms with van der Waals surface area (Å²) < 4.78 is 51.5. The normalized spacial score (nSPS) is 12.3. The summed E-state index contributed by atoms with van der Waals surface area (Å²) in [6, 6.07) is 10.0. The molecule has 1 amide bonds. The summed E-state index contributed by atoms with van der Waals surface area (Å²) in [5, 5.41) is 2.61. The van der Waals surface area contributed by atoms with Gasteiger partial charge in [0.25, 0.3) is 0 Å². The van der Waals surface area contributed by atoms with E-state index in [-0.39, 0.29) is 13.2 Å². The quantitative estimate of drug-likeness (QED) is 0.537. The van der Waals surface area contributed by atoms with Crippen molar-refractivity contribution in [3.63, 3.8) is 0 Å². The molecule has 2 aromatic rings. The Balaban J connectivity index is 2.12. The molecule has 0 aliphatic heterocycles. The summed E-state index contributed by atoms with van der Waals surface area (Å²) in [6.07, 6.45) is 0. The standard InChI is InChI=1S/C21H25FN2O6S/c1-4-29-19(25)13-30-16-9-7-8-15(12-16)23-21(26)20(14(2)3)24-31(27,28)18-11-6-5-10-17(18)22/h5-12,14,20,24H,4,13H2,1-3H3,(H,23,26)/t20-/m0/s1. The van der Waals surface area contributed by atoms with E-state index in [0.717, 1.165) is 12.1 Å². The number of carbonyl (C=O) groups excluding carboxylic acids is 2. The van der Waals surface area contributed by atoms with Crippen molar-refractivity contribution >= 4 is 27.6 Å². The average molecular weight is 453 g/mol. The molecule has 2 N–H and O–H groups in total. The Hall–Kier alpha value is -2.98. The van der Waals surface area contributed by atoms with Crippen molar-refractivity contribution in [3.05, 3.63) is 54.3 Å². The number of rotatable bonds is 10. The van der Waals surface area contributed by atoms with Crippen molar-refractivity contribution in [2.45, 2.75) is 31.7 Å². The highest BCUT2D eigenvalue weighted by atomic mass is 32.2. The van der Waals surface area contributed by atoms with E-state index < -0.39 is 44.6 Å². The SMILES string of the molecule is CCOC(=O)COc1cccc(NC(=O)[C@@H](NS(=O)(=O)c2ccccc2F)C(C)C)c1. The molecule has 0 bridgehead atoms. The highest BCUT2D eigenvalue weighted by Crippen LogP contribution is 2.20. The predicted octanol–water partition coefficient (Wildman–Crippen LogP) is 2.71. The van der Waals surface area contributed by atoms with Gasteiger partial charge in [-0.3, -0.25) is 4.79 Å². The van der Waals surface area contributed by atoms with Crippen molar-refractivity contribution in [2.24, 2.45) is 5.92 Å². The highest BCUT2D eigenvalue weighted by Gasteiger charge is 2.30. The summed E-state index contributed by atoms with van der Waals surface area (Å²) in [4.78, 5) is 23.6. The fourth-order valence-corrected chi connectivity index (χ4v) is 4.04. The molecule has 0 aromatic heterocycles. The number of halogens is 1. The Labute approximate surface area is 180 Å². The summed E-state index contributed by atoms with van der Waals surface area (Å²) in [7, 11) is -4.27.